The van der Waals surface area contributed by atoms with E-state index in [4.69, 9.17) is 17.3 Å². The minimum absolute atomic E-state index is 0.00423. The van der Waals surface area contributed by atoms with Crippen molar-refractivity contribution in [2.75, 3.05) is 12.3 Å². The summed E-state index contributed by atoms with van der Waals surface area (Å²) in [5.74, 6) is 0.00423. The number of hydrogen-bond donors (Lipinski definition) is 2. The highest BCUT2D eigenvalue weighted by Crippen LogP contribution is 2.10. The molecule has 2 rings (SSSR count). The van der Waals surface area contributed by atoms with E-state index in [2.05, 4.69) is 5.32 Å². The Morgan fingerprint density at radius 2 is 1.85 bits per heavy atom. The number of anilines is 1. The lowest BCUT2D eigenvalue weighted by Gasteiger charge is -2.06. The third-order valence-electron chi connectivity index (χ3n) is 2.96. The highest BCUT2D eigenvalue weighted by atomic mass is 35.5. The Labute approximate surface area is 123 Å². The number of benzene rings is 2. The van der Waals surface area contributed by atoms with Crippen LogP contribution in [-0.4, -0.2) is 12.5 Å². The smallest absolute Gasteiger partial charge is 0.224 e. The zero-order valence-electron chi connectivity index (χ0n) is 11.1. The van der Waals surface area contributed by atoms with Crippen LogP contribution < -0.4 is 11.1 Å². The largest absolute Gasteiger partial charge is 0.399 e. The van der Waals surface area contributed by atoms with Crippen molar-refractivity contribution in [3.8, 4) is 0 Å². The Bertz CT molecular complexity index is 581. The molecule has 0 saturated heterocycles. The van der Waals surface area contributed by atoms with Crippen molar-refractivity contribution >= 4 is 23.2 Å². The van der Waals surface area contributed by atoms with Crippen molar-refractivity contribution in [1.82, 2.24) is 5.32 Å². The lowest BCUT2D eigenvalue weighted by Crippen LogP contribution is -2.27. The van der Waals surface area contributed by atoms with Crippen LogP contribution in [0.2, 0.25) is 5.02 Å². The molecular weight excluding hydrogens is 272 g/mol. The van der Waals surface area contributed by atoms with Gasteiger partial charge in [-0.2, -0.15) is 0 Å². The first-order valence-electron chi connectivity index (χ1n) is 6.49. The van der Waals surface area contributed by atoms with Crippen LogP contribution in [0, 0.1) is 0 Å². The summed E-state index contributed by atoms with van der Waals surface area (Å²) >= 11 is 5.82. The molecule has 0 aliphatic rings. The molecular formula is C16H17ClN2O. The number of amides is 1. The summed E-state index contributed by atoms with van der Waals surface area (Å²) in [4.78, 5) is 11.8. The molecule has 0 aliphatic carbocycles. The first-order valence-corrected chi connectivity index (χ1v) is 6.87. The fourth-order valence-electron chi connectivity index (χ4n) is 1.95. The molecule has 0 radical (unpaired) electrons. The Morgan fingerprint density at radius 3 is 2.55 bits per heavy atom. The van der Waals surface area contributed by atoms with Crippen LogP contribution >= 0.6 is 11.6 Å². The minimum atomic E-state index is 0.00423. The van der Waals surface area contributed by atoms with E-state index < -0.39 is 0 Å². The Morgan fingerprint density at radius 1 is 1.10 bits per heavy atom. The second kappa shape index (κ2) is 6.96. The number of hydrogen-bond acceptors (Lipinski definition) is 2. The number of nitrogens with two attached hydrogens (primary N) is 1. The van der Waals surface area contributed by atoms with Gasteiger partial charge < -0.3 is 11.1 Å². The number of rotatable bonds is 5. The van der Waals surface area contributed by atoms with Gasteiger partial charge in [-0.1, -0.05) is 35.9 Å². The Kier molecular flexibility index (Phi) is 5.02. The number of nitrogens with one attached hydrogen (secondary N) is 1. The first-order chi connectivity index (χ1) is 9.63. The molecule has 3 N–H and O–H groups in total. The summed E-state index contributed by atoms with van der Waals surface area (Å²) in [6, 6.07) is 15.0. The minimum Gasteiger partial charge on any atom is -0.399 e. The van der Waals surface area contributed by atoms with Crippen LogP contribution in [0.25, 0.3) is 0 Å². The average Bonchev–Trinajstić information content (AvgIpc) is 2.41. The van der Waals surface area contributed by atoms with E-state index in [-0.39, 0.29) is 5.91 Å². The van der Waals surface area contributed by atoms with Gasteiger partial charge in [0.25, 0.3) is 0 Å². The Hall–Kier alpha value is -2.00. The van der Waals surface area contributed by atoms with E-state index in [1.165, 1.54) is 0 Å². The van der Waals surface area contributed by atoms with Gasteiger partial charge in [0.05, 0.1) is 6.42 Å². The van der Waals surface area contributed by atoms with E-state index in [9.17, 15) is 4.79 Å². The van der Waals surface area contributed by atoms with Gasteiger partial charge in [0.2, 0.25) is 5.91 Å². The molecule has 104 valence electrons. The number of carbonyl (C=O) groups is 1. The zero-order valence-corrected chi connectivity index (χ0v) is 11.9. The van der Waals surface area contributed by atoms with Gasteiger partial charge in [-0.05, 0) is 41.8 Å². The van der Waals surface area contributed by atoms with E-state index >= 15 is 0 Å². The molecule has 3 nitrogen and oxygen atoms in total. The molecule has 0 unspecified atom stereocenters. The van der Waals surface area contributed by atoms with Crippen molar-refractivity contribution in [1.29, 1.82) is 0 Å². The summed E-state index contributed by atoms with van der Waals surface area (Å²) in [6.45, 7) is 0.614. The first kappa shape index (κ1) is 14.4. The van der Waals surface area contributed by atoms with Crippen molar-refractivity contribution in [3.05, 3.63) is 64.7 Å². The number of carbonyl (C=O) groups excluding carboxylic acids is 1. The van der Waals surface area contributed by atoms with E-state index in [0.29, 0.717) is 18.7 Å². The zero-order chi connectivity index (χ0) is 14.4. The van der Waals surface area contributed by atoms with Gasteiger partial charge in [0.1, 0.15) is 0 Å². The topological polar surface area (TPSA) is 55.1 Å². The van der Waals surface area contributed by atoms with Crippen molar-refractivity contribution in [3.63, 3.8) is 0 Å². The van der Waals surface area contributed by atoms with Crippen LogP contribution in [0.5, 0.6) is 0 Å². The summed E-state index contributed by atoms with van der Waals surface area (Å²) in [7, 11) is 0. The molecule has 1 amide bonds. The van der Waals surface area contributed by atoms with Crippen molar-refractivity contribution in [2.24, 2.45) is 0 Å². The SMILES string of the molecule is Nc1cccc(CC(=O)NCCc2ccc(Cl)cc2)c1. The maximum absolute atomic E-state index is 11.8. The lowest BCUT2D eigenvalue weighted by molar-refractivity contribution is -0.120. The molecule has 0 atom stereocenters. The van der Waals surface area contributed by atoms with Gasteiger partial charge in [0.15, 0.2) is 0 Å². The van der Waals surface area contributed by atoms with Gasteiger partial charge in [-0.25, -0.2) is 0 Å². The molecule has 0 aromatic heterocycles. The van der Waals surface area contributed by atoms with Crippen LogP contribution in [0.15, 0.2) is 48.5 Å². The third-order valence-corrected chi connectivity index (χ3v) is 3.22. The molecule has 2 aromatic rings. The van der Waals surface area contributed by atoms with Crippen LogP contribution in [0.3, 0.4) is 0 Å². The number of nitrogen functional groups attached to an aromatic ring is 1. The summed E-state index contributed by atoms with van der Waals surface area (Å²) < 4.78 is 0. The normalized spacial score (nSPS) is 10.2. The third kappa shape index (κ3) is 4.59. The molecule has 0 heterocycles. The standard InChI is InChI=1S/C16H17ClN2O/c17-14-6-4-12(5-7-14)8-9-19-16(20)11-13-2-1-3-15(18)10-13/h1-7,10H,8-9,11,18H2,(H,19,20). The van der Waals surface area contributed by atoms with Crippen LogP contribution in [0.1, 0.15) is 11.1 Å². The van der Waals surface area contributed by atoms with Crippen LogP contribution in [0.4, 0.5) is 5.69 Å². The number of halogens is 1. The average molecular weight is 289 g/mol. The summed E-state index contributed by atoms with van der Waals surface area (Å²) in [5, 5.41) is 3.62. The predicted molar refractivity (Wildman–Crippen MR) is 82.7 cm³/mol. The predicted octanol–water partition coefficient (Wildman–Crippen LogP) is 2.82. The van der Waals surface area contributed by atoms with Gasteiger partial charge in [-0.15, -0.1) is 0 Å². The van der Waals surface area contributed by atoms with E-state index in [1.54, 1.807) is 0 Å². The maximum atomic E-state index is 11.8. The van der Waals surface area contributed by atoms with Gasteiger partial charge in [0, 0.05) is 17.3 Å². The second-order valence-electron chi connectivity index (χ2n) is 4.65. The molecule has 4 heteroatoms. The second-order valence-corrected chi connectivity index (χ2v) is 5.08. The van der Waals surface area contributed by atoms with Crippen LogP contribution in [-0.2, 0) is 17.6 Å². The fraction of sp³-hybridized carbons (Fsp3) is 0.188. The molecule has 0 fully saturated rings. The van der Waals surface area contributed by atoms with Crippen molar-refractivity contribution in [2.45, 2.75) is 12.8 Å². The molecule has 2 aromatic carbocycles. The molecule has 0 bridgehead atoms. The summed E-state index contributed by atoms with van der Waals surface area (Å²) in [6.07, 6.45) is 1.14. The molecule has 0 aliphatic heterocycles. The van der Waals surface area contributed by atoms with E-state index in [0.717, 1.165) is 22.6 Å². The quantitative estimate of drug-likeness (QED) is 0.831. The van der Waals surface area contributed by atoms with Gasteiger partial charge >= 0.3 is 0 Å². The van der Waals surface area contributed by atoms with Gasteiger partial charge in [-0.3, -0.25) is 4.79 Å². The molecule has 0 saturated carbocycles. The lowest BCUT2D eigenvalue weighted by atomic mass is 10.1. The molecule has 0 spiro atoms. The highest BCUT2D eigenvalue weighted by Gasteiger charge is 2.03. The maximum Gasteiger partial charge on any atom is 0.224 e. The van der Waals surface area contributed by atoms with E-state index in [1.807, 2.05) is 48.5 Å². The monoisotopic (exact) mass is 288 g/mol. The summed E-state index contributed by atoms with van der Waals surface area (Å²) in [5.41, 5.74) is 8.43. The Balaban J connectivity index is 1.76. The van der Waals surface area contributed by atoms with Crippen molar-refractivity contribution < 1.29 is 4.79 Å². The highest BCUT2D eigenvalue weighted by molar-refractivity contribution is 6.30. The molecule has 20 heavy (non-hydrogen) atoms. The fourth-order valence-corrected chi connectivity index (χ4v) is 2.07.